The first-order valence-corrected chi connectivity index (χ1v) is 5.42. The van der Waals surface area contributed by atoms with Crippen LogP contribution in [0.4, 0.5) is 0 Å². The van der Waals surface area contributed by atoms with Crippen LogP contribution in [0, 0.1) is 0 Å². The molecule has 0 saturated heterocycles. The van der Waals surface area contributed by atoms with E-state index in [4.69, 9.17) is 18.0 Å². The molecule has 5 nitrogen and oxygen atoms in total. The number of carbonyl (C=O) groups excluding carboxylic acids is 2. The number of nitrogens with zero attached hydrogens (tertiary/aromatic N) is 2. The van der Waals surface area contributed by atoms with Crippen molar-refractivity contribution in [2.24, 2.45) is 5.73 Å². The minimum absolute atomic E-state index is 0.0898. The van der Waals surface area contributed by atoms with Gasteiger partial charge in [-0.1, -0.05) is 12.2 Å². The van der Waals surface area contributed by atoms with E-state index in [-0.39, 0.29) is 10.7 Å². The summed E-state index contributed by atoms with van der Waals surface area (Å²) in [7, 11) is 0. The van der Waals surface area contributed by atoms with E-state index >= 15 is 0 Å². The lowest BCUT2D eigenvalue weighted by molar-refractivity contribution is 0.0560. The molecule has 2 amide bonds. The second-order valence-electron chi connectivity index (χ2n) is 4.27. The zero-order chi connectivity index (χ0) is 12.8. The Morgan fingerprint density at radius 3 is 2.59 bits per heavy atom. The summed E-state index contributed by atoms with van der Waals surface area (Å²) >= 11 is 4.90. The van der Waals surface area contributed by atoms with Gasteiger partial charge in [0.2, 0.25) is 0 Å². The van der Waals surface area contributed by atoms with Crippen LogP contribution >= 0.6 is 12.2 Å². The minimum Gasteiger partial charge on any atom is -0.391 e. The summed E-state index contributed by atoms with van der Waals surface area (Å²) in [6.07, 6.45) is 1.47. The van der Waals surface area contributed by atoms with Gasteiger partial charge in [0.05, 0.1) is 16.1 Å². The number of imide groups is 1. The molecule has 0 atom stereocenters. The van der Waals surface area contributed by atoms with Gasteiger partial charge in [-0.2, -0.15) is 0 Å². The van der Waals surface area contributed by atoms with Crippen LogP contribution in [0.5, 0.6) is 0 Å². The van der Waals surface area contributed by atoms with E-state index < -0.39 is 17.4 Å². The van der Waals surface area contributed by atoms with E-state index in [1.54, 1.807) is 26.0 Å². The van der Waals surface area contributed by atoms with Crippen molar-refractivity contribution < 1.29 is 9.59 Å². The predicted molar refractivity (Wildman–Crippen MR) is 65.6 cm³/mol. The van der Waals surface area contributed by atoms with Crippen molar-refractivity contribution in [2.75, 3.05) is 0 Å². The third-order valence-corrected chi connectivity index (χ3v) is 3.31. The van der Waals surface area contributed by atoms with Crippen molar-refractivity contribution in [2.45, 2.75) is 19.4 Å². The van der Waals surface area contributed by atoms with E-state index in [2.05, 4.69) is 4.98 Å². The Hall–Kier alpha value is -1.82. The van der Waals surface area contributed by atoms with Crippen molar-refractivity contribution >= 4 is 29.0 Å². The molecule has 1 aliphatic rings. The van der Waals surface area contributed by atoms with Crippen molar-refractivity contribution in [1.29, 1.82) is 0 Å². The average molecular weight is 249 g/mol. The SMILES string of the molecule is CC(C)(C(N)=S)N1C(=O)c2cccnc2C1=O. The molecule has 17 heavy (non-hydrogen) atoms. The summed E-state index contributed by atoms with van der Waals surface area (Å²) in [4.78, 5) is 29.3. The number of rotatable bonds is 2. The van der Waals surface area contributed by atoms with Crippen LogP contribution < -0.4 is 5.73 Å². The van der Waals surface area contributed by atoms with E-state index in [1.807, 2.05) is 0 Å². The molecule has 6 heteroatoms. The van der Waals surface area contributed by atoms with Crippen LogP contribution in [0.1, 0.15) is 34.7 Å². The molecule has 2 heterocycles. The van der Waals surface area contributed by atoms with Crippen LogP contribution in [0.15, 0.2) is 18.3 Å². The first-order valence-electron chi connectivity index (χ1n) is 5.01. The summed E-state index contributed by atoms with van der Waals surface area (Å²) in [6, 6.07) is 3.18. The quantitative estimate of drug-likeness (QED) is 0.618. The first kappa shape index (κ1) is 11.7. The third-order valence-electron chi connectivity index (χ3n) is 2.81. The van der Waals surface area contributed by atoms with E-state index in [0.29, 0.717) is 5.56 Å². The molecule has 0 saturated carbocycles. The second-order valence-corrected chi connectivity index (χ2v) is 4.71. The maximum absolute atomic E-state index is 12.1. The molecule has 0 fully saturated rings. The molecule has 0 radical (unpaired) electrons. The Balaban J connectivity index is 2.54. The Morgan fingerprint density at radius 2 is 2.06 bits per heavy atom. The third kappa shape index (κ3) is 1.52. The van der Waals surface area contributed by atoms with Gasteiger partial charge in [0.25, 0.3) is 11.8 Å². The fourth-order valence-electron chi connectivity index (χ4n) is 1.68. The Bertz CT molecular complexity index is 504. The lowest BCUT2D eigenvalue weighted by atomic mass is 10.0. The maximum Gasteiger partial charge on any atom is 0.281 e. The highest BCUT2D eigenvalue weighted by atomic mass is 32.1. The molecule has 0 bridgehead atoms. The molecule has 88 valence electrons. The van der Waals surface area contributed by atoms with Gasteiger partial charge in [-0.05, 0) is 26.0 Å². The van der Waals surface area contributed by atoms with Gasteiger partial charge in [-0.15, -0.1) is 0 Å². The highest BCUT2D eigenvalue weighted by Crippen LogP contribution is 2.28. The molecule has 0 unspecified atom stereocenters. The minimum atomic E-state index is -0.996. The van der Waals surface area contributed by atoms with Gasteiger partial charge in [0, 0.05) is 6.20 Å². The number of amides is 2. The Kier molecular flexibility index (Phi) is 2.46. The number of hydrogen-bond donors (Lipinski definition) is 1. The normalized spacial score (nSPS) is 15.1. The zero-order valence-corrected chi connectivity index (χ0v) is 10.2. The van der Waals surface area contributed by atoms with E-state index in [1.165, 1.54) is 6.20 Å². The molecule has 1 aliphatic heterocycles. The number of carbonyl (C=O) groups is 2. The standard InChI is InChI=1S/C11H11N3O2S/c1-11(2,10(12)17)14-8(15)6-4-3-5-13-7(6)9(14)16/h3-5H,1-2H3,(H2,12,17). The summed E-state index contributed by atoms with van der Waals surface area (Å²) in [5.41, 5.74) is 5.03. The monoisotopic (exact) mass is 249 g/mol. The summed E-state index contributed by atoms with van der Waals surface area (Å²) in [5, 5.41) is 0. The molecular weight excluding hydrogens is 238 g/mol. The summed E-state index contributed by atoms with van der Waals surface area (Å²) in [5.74, 6) is -0.862. The fourth-order valence-corrected chi connectivity index (χ4v) is 1.78. The van der Waals surface area contributed by atoms with Crippen LogP contribution in [0.3, 0.4) is 0 Å². The molecular formula is C11H11N3O2S. The van der Waals surface area contributed by atoms with E-state index in [0.717, 1.165) is 4.90 Å². The molecule has 1 aromatic rings. The first-order chi connectivity index (χ1) is 7.87. The number of nitrogens with two attached hydrogens (primary N) is 1. The summed E-state index contributed by atoms with van der Waals surface area (Å²) in [6.45, 7) is 3.27. The summed E-state index contributed by atoms with van der Waals surface area (Å²) < 4.78 is 0. The number of thiocarbonyl (C=S) groups is 1. The predicted octanol–water partition coefficient (Wildman–Crippen LogP) is 0.742. The second kappa shape index (κ2) is 3.59. The topological polar surface area (TPSA) is 76.3 Å². The lowest BCUT2D eigenvalue weighted by Crippen LogP contribution is -2.55. The zero-order valence-electron chi connectivity index (χ0n) is 9.43. The number of fused-ring (bicyclic) bond motifs is 1. The Labute approximate surface area is 104 Å². The molecule has 2 rings (SSSR count). The van der Waals surface area contributed by atoms with Gasteiger partial charge >= 0.3 is 0 Å². The average Bonchev–Trinajstić information content (AvgIpc) is 2.52. The lowest BCUT2D eigenvalue weighted by Gasteiger charge is -2.32. The smallest absolute Gasteiger partial charge is 0.281 e. The van der Waals surface area contributed by atoms with Gasteiger partial charge in [0.1, 0.15) is 5.69 Å². The van der Waals surface area contributed by atoms with Gasteiger partial charge in [-0.3, -0.25) is 19.5 Å². The van der Waals surface area contributed by atoms with Crippen LogP contribution in [-0.4, -0.2) is 32.2 Å². The van der Waals surface area contributed by atoms with Crippen molar-refractivity contribution in [3.8, 4) is 0 Å². The molecule has 0 spiro atoms. The highest BCUT2D eigenvalue weighted by Gasteiger charge is 2.46. The van der Waals surface area contributed by atoms with Crippen molar-refractivity contribution in [1.82, 2.24) is 9.88 Å². The van der Waals surface area contributed by atoms with Crippen molar-refractivity contribution in [3.05, 3.63) is 29.6 Å². The maximum atomic E-state index is 12.1. The Morgan fingerprint density at radius 1 is 1.41 bits per heavy atom. The van der Waals surface area contributed by atoms with Gasteiger partial charge < -0.3 is 5.73 Å². The molecule has 1 aromatic heterocycles. The molecule has 2 N–H and O–H groups in total. The molecule has 0 aliphatic carbocycles. The van der Waals surface area contributed by atoms with E-state index in [9.17, 15) is 9.59 Å². The van der Waals surface area contributed by atoms with Gasteiger partial charge in [-0.25, -0.2) is 0 Å². The number of hydrogen-bond acceptors (Lipinski definition) is 4. The van der Waals surface area contributed by atoms with Crippen molar-refractivity contribution in [3.63, 3.8) is 0 Å². The largest absolute Gasteiger partial charge is 0.391 e. The fraction of sp³-hybridized carbons (Fsp3) is 0.273. The molecule has 0 aromatic carbocycles. The number of pyridine rings is 1. The highest BCUT2D eigenvalue weighted by molar-refractivity contribution is 7.80. The van der Waals surface area contributed by atoms with Crippen LogP contribution in [-0.2, 0) is 0 Å². The van der Waals surface area contributed by atoms with Gasteiger partial charge in [0.15, 0.2) is 0 Å². The van der Waals surface area contributed by atoms with Crippen LogP contribution in [0.25, 0.3) is 0 Å². The van der Waals surface area contributed by atoms with Crippen LogP contribution in [0.2, 0.25) is 0 Å². The number of aromatic nitrogens is 1.